The van der Waals surface area contributed by atoms with Crippen molar-refractivity contribution in [2.24, 2.45) is 0 Å². The average molecular weight is 361 g/mol. The first kappa shape index (κ1) is 16.2. The van der Waals surface area contributed by atoms with Crippen LogP contribution in [-0.2, 0) is 0 Å². The van der Waals surface area contributed by atoms with Crippen LogP contribution < -0.4 is 4.90 Å². The molecular formula is C21H20FN5. The number of rotatable bonds is 2. The summed E-state index contributed by atoms with van der Waals surface area (Å²) < 4.78 is 15.5. The molecule has 0 bridgehead atoms. The molecule has 0 saturated carbocycles. The molecule has 0 aliphatic carbocycles. The topological polar surface area (TPSA) is 46.3 Å². The van der Waals surface area contributed by atoms with Gasteiger partial charge in [-0.05, 0) is 37.1 Å². The number of anilines is 1. The quantitative estimate of drug-likeness (QED) is 0.529. The minimum Gasteiger partial charge on any atom is -0.356 e. The van der Waals surface area contributed by atoms with E-state index in [1.807, 2.05) is 24.3 Å². The van der Waals surface area contributed by atoms with Gasteiger partial charge in [0, 0.05) is 24.0 Å². The fraction of sp³-hybridized carbons (Fsp3) is 0.286. The molecule has 1 aliphatic heterocycles. The van der Waals surface area contributed by atoms with Crippen LogP contribution in [0.2, 0.25) is 0 Å². The van der Waals surface area contributed by atoms with Gasteiger partial charge in [-0.3, -0.25) is 0 Å². The SMILES string of the molecule is Fc1cccc(-c2nnn3c2nc(N2CCCCCC2)c2ccccc23)c1. The van der Waals surface area contributed by atoms with Crippen LogP contribution >= 0.6 is 0 Å². The van der Waals surface area contributed by atoms with Crippen molar-refractivity contribution < 1.29 is 4.39 Å². The number of nitrogens with zero attached hydrogens (tertiary/aromatic N) is 5. The highest BCUT2D eigenvalue weighted by Crippen LogP contribution is 2.31. The van der Waals surface area contributed by atoms with Crippen molar-refractivity contribution in [3.63, 3.8) is 0 Å². The molecule has 0 spiro atoms. The van der Waals surface area contributed by atoms with E-state index >= 15 is 0 Å². The van der Waals surface area contributed by atoms with Crippen molar-refractivity contribution in [2.45, 2.75) is 25.7 Å². The Kier molecular flexibility index (Phi) is 3.96. The first-order valence-corrected chi connectivity index (χ1v) is 9.46. The van der Waals surface area contributed by atoms with Gasteiger partial charge in [0.25, 0.3) is 0 Å². The normalized spacial score (nSPS) is 15.4. The van der Waals surface area contributed by atoms with Crippen LogP contribution in [0.25, 0.3) is 27.8 Å². The molecule has 27 heavy (non-hydrogen) atoms. The lowest BCUT2D eigenvalue weighted by atomic mass is 10.1. The van der Waals surface area contributed by atoms with E-state index in [0.717, 1.165) is 29.8 Å². The van der Waals surface area contributed by atoms with E-state index in [1.165, 1.54) is 37.8 Å². The van der Waals surface area contributed by atoms with Crippen molar-refractivity contribution in [1.29, 1.82) is 0 Å². The van der Waals surface area contributed by atoms with Crippen LogP contribution in [0.5, 0.6) is 0 Å². The largest absolute Gasteiger partial charge is 0.356 e. The summed E-state index contributed by atoms with van der Waals surface area (Å²) >= 11 is 0. The third-order valence-corrected chi connectivity index (χ3v) is 5.24. The lowest BCUT2D eigenvalue weighted by Gasteiger charge is -2.23. The van der Waals surface area contributed by atoms with Crippen LogP contribution in [0.4, 0.5) is 10.2 Å². The molecule has 5 nitrogen and oxygen atoms in total. The predicted octanol–water partition coefficient (Wildman–Crippen LogP) is 4.46. The zero-order valence-electron chi connectivity index (χ0n) is 15.0. The number of benzene rings is 2. The Bertz CT molecular complexity index is 1110. The van der Waals surface area contributed by atoms with Crippen LogP contribution in [0.15, 0.2) is 48.5 Å². The molecule has 2 aromatic heterocycles. The van der Waals surface area contributed by atoms with Gasteiger partial charge in [-0.2, -0.15) is 4.52 Å². The molecule has 3 heterocycles. The molecular weight excluding hydrogens is 341 g/mol. The second kappa shape index (κ2) is 6.61. The molecule has 4 aromatic rings. The number of hydrogen-bond donors (Lipinski definition) is 0. The third-order valence-electron chi connectivity index (χ3n) is 5.24. The van der Waals surface area contributed by atoms with E-state index in [0.29, 0.717) is 16.9 Å². The fourth-order valence-corrected chi connectivity index (χ4v) is 3.89. The van der Waals surface area contributed by atoms with Gasteiger partial charge in [0.05, 0.1) is 5.52 Å². The molecule has 0 radical (unpaired) electrons. The fourth-order valence-electron chi connectivity index (χ4n) is 3.89. The summed E-state index contributed by atoms with van der Waals surface area (Å²) in [7, 11) is 0. The van der Waals surface area contributed by atoms with Crippen LogP contribution in [0, 0.1) is 5.82 Å². The van der Waals surface area contributed by atoms with Crippen LogP contribution in [-0.4, -0.2) is 32.9 Å². The van der Waals surface area contributed by atoms with Crippen LogP contribution in [0.3, 0.4) is 0 Å². The molecule has 1 fully saturated rings. The maximum Gasteiger partial charge on any atom is 0.186 e. The highest BCUT2D eigenvalue weighted by atomic mass is 19.1. The van der Waals surface area contributed by atoms with E-state index in [-0.39, 0.29) is 5.82 Å². The smallest absolute Gasteiger partial charge is 0.186 e. The summed E-state index contributed by atoms with van der Waals surface area (Å²) in [5.74, 6) is 0.683. The lowest BCUT2D eigenvalue weighted by molar-refractivity contribution is 0.628. The van der Waals surface area contributed by atoms with Gasteiger partial charge in [0.15, 0.2) is 5.65 Å². The summed E-state index contributed by atoms with van der Waals surface area (Å²) in [6, 6.07) is 14.6. The van der Waals surface area contributed by atoms with Gasteiger partial charge in [-0.1, -0.05) is 42.3 Å². The van der Waals surface area contributed by atoms with Gasteiger partial charge in [-0.25, -0.2) is 9.37 Å². The zero-order chi connectivity index (χ0) is 18.2. The minimum absolute atomic E-state index is 0.290. The maximum atomic E-state index is 13.7. The number of halogens is 1. The van der Waals surface area contributed by atoms with Gasteiger partial charge in [0.2, 0.25) is 0 Å². The van der Waals surface area contributed by atoms with Crippen molar-refractivity contribution in [2.75, 3.05) is 18.0 Å². The molecule has 0 N–H and O–H groups in total. The molecule has 0 amide bonds. The van der Waals surface area contributed by atoms with Gasteiger partial charge < -0.3 is 4.90 Å². The molecule has 1 saturated heterocycles. The average Bonchev–Trinajstić information content (AvgIpc) is 2.94. The Morgan fingerprint density at radius 3 is 2.52 bits per heavy atom. The molecule has 2 aromatic carbocycles. The lowest BCUT2D eigenvalue weighted by Crippen LogP contribution is -2.25. The first-order chi connectivity index (χ1) is 13.3. The summed E-state index contributed by atoms with van der Waals surface area (Å²) in [6.07, 6.45) is 4.88. The zero-order valence-corrected chi connectivity index (χ0v) is 15.0. The third kappa shape index (κ3) is 2.81. The second-order valence-corrected chi connectivity index (χ2v) is 7.04. The van der Waals surface area contributed by atoms with Crippen molar-refractivity contribution >= 4 is 22.4 Å². The number of fused-ring (bicyclic) bond motifs is 3. The Balaban J connectivity index is 1.76. The number of para-hydroxylation sites is 1. The number of hydrogen-bond acceptors (Lipinski definition) is 4. The van der Waals surface area contributed by atoms with Crippen LogP contribution in [0.1, 0.15) is 25.7 Å². The van der Waals surface area contributed by atoms with E-state index < -0.39 is 0 Å². The van der Waals surface area contributed by atoms with E-state index in [4.69, 9.17) is 4.98 Å². The first-order valence-electron chi connectivity index (χ1n) is 9.46. The molecule has 1 aliphatic rings. The molecule has 5 rings (SSSR count). The monoisotopic (exact) mass is 361 g/mol. The maximum absolute atomic E-state index is 13.7. The Hall–Kier alpha value is -3.02. The van der Waals surface area contributed by atoms with E-state index in [1.54, 1.807) is 10.6 Å². The van der Waals surface area contributed by atoms with E-state index in [2.05, 4.69) is 21.3 Å². The molecule has 136 valence electrons. The molecule has 0 unspecified atom stereocenters. The van der Waals surface area contributed by atoms with Crippen molar-refractivity contribution in [3.05, 3.63) is 54.3 Å². The standard InChI is InChI=1S/C21H20FN5/c22-16-9-7-8-15(14-16)19-21-23-20(26-12-5-1-2-6-13-26)17-10-3-4-11-18(17)27(21)25-24-19/h3-4,7-11,14H,1-2,5-6,12-13H2. The van der Waals surface area contributed by atoms with Gasteiger partial charge in [0.1, 0.15) is 17.3 Å². The molecule has 0 atom stereocenters. The van der Waals surface area contributed by atoms with Gasteiger partial charge in [-0.15, -0.1) is 5.10 Å². The van der Waals surface area contributed by atoms with Crippen molar-refractivity contribution in [1.82, 2.24) is 19.8 Å². The predicted molar refractivity (Wildman–Crippen MR) is 104 cm³/mol. The van der Waals surface area contributed by atoms with E-state index in [9.17, 15) is 4.39 Å². The Morgan fingerprint density at radius 1 is 0.889 bits per heavy atom. The Labute approximate surface area is 156 Å². The minimum atomic E-state index is -0.290. The summed E-state index contributed by atoms with van der Waals surface area (Å²) in [4.78, 5) is 7.35. The summed E-state index contributed by atoms with van der Waals surface area (Å²) in [6.45, 7) is 2.01. The number of aromatic nitrogens is 4. The Morgan fingerprint density at radius 2 is 1.70 bits per heavy atom. The highest BCUT2D eigenvalue weighted by molar-refractivity contribution is 5.93. The summed E-state index contributed by atoms with van der Waals surface area (Å²) in [5.41, 5.74) is 2.93. The highest BCUT2D eigenvalue weighted by Gasteiger charge is 2.20. The molecule has 6 heteroatoms. The van der Waals surface area contributed by atoms with Gasteiger partial charge >= 0.3 is 0 Å². The second-order valence-electron chi connectivity index (χ2n) is 7.04. The summed E-state index contributed by atoms with van der Waals surface area (Å²) in [5, 5.41) is 9.72. The van der Waals surface area contributed by atoms with Crippen molar-refractivity contribution in [3.8, 4) is 11.3 Å².